The van der Waals surface area contributed by atoms with Gasteiger partial charge in [0.2, 0.25) is 0 Å². The summed E-state index contributed by atoms with van der Waals surface area (Å²) in [5.41, 5.74) is 1.17. The number of benzene rings is 1. The summed E-state index contributed by atoms with van der Waals surface area (Å²) in [6.07, 6.45) is 0. The molecule has 3 heteroatoms. The van der Waals surface area contributed by atoms with Crippen molar-refractivity contribution in [2.75, 3.05) is 12.3 Å². The lowest BCUT2D eigenvalue weighted by atomic mass is 10.2. The van der Waals surface area contributed by atoms with Gasteiger partial charge in [-0.05, 0) is 11.6 Å². The first-order chi connectivity index (χ1) is 5.88. The minimum absolute atomic E-state index is 0.733. The standard InChI is InChI=1S/C9H11NOS/c11-12-6-5-10-7-8-3-1-2-4-9(8)12/h1-4,10H,5-7H2/t12-/m1/s1. The van der Waals surface area contributed by atoms with Crippen LogP contribution >= 0.6 is 0 Å². The molecule has 1 aliphatic rings. The van der Waals surface area contributed by atoms with E-state index in [2.05, 4.69) is 5.32 Å². The van der Waals surface area contributed by atoms with Crippen molar-refractivity contribution in [3.63, 3.8) is 0 Å². The van der Waals surface area contributed by atoms with Crippen molar-refractivity contribution in [1.82, 2.24) is 5.32 Å². The lowest BCUT2D eigenvalue weighted by Gasteiger charge is -2.02. The van der Waals surface area contributed by atoms with Crippen molar-refractivity contribution in [2.24, 2.45) is 0 Å². The molecule has 0 aromatic heterocycles. The number of rotatable bonds is 0. The van der Waals surface area contributed by atoms with E-state index >= 15 is 0 Å². The highest BCUT2D eigenvalue weighted by molar-refractivity contribution is 7.85. The second-order valence-electron chi connectivity index (χ2n) is 2.83. The molecule has 0 unspecified atom stereocenters. The summed E-state index contributed by atoms with van der Waals surface area (Å²) in [5.74, 6) is 0.733. The Bertz CT molecular complexity index is 311. The van der Waals surface area contributed by atoms with Gasteiger partial charge in [0, 0.05) is 23.7 Å². The predicted molar refractivity (Wildman–Crippen MR) is 49.4 cm³/mol. The normalized spacial score (nSPS) is 22.8. The molecule has 0 aliphatic carbocycles. The van der Waals surface area contributed by atoms with E-state index in [9.17, 15) is 4.21 Å². The fourth-order valence-electron chi connectivity index (χ4n) is 1.37. The molecule has 0 saturated heterocycles. The van der Waals surface area contributed by atoms with Gasteiger partial charge < -0.3 is 5.32 Å². The quantitative estimate of drug-likeness (QED) is 0.644. The smallest absolute Gasteiger partial charge is 0.0545 e. The van der Waals surface area contributed by atoms with Crippen LogP contribution in [-0.2, 0) is 17.3 Å². The molecule has 0 fully saturated rings. The molecule has 1 aromatic rings. The van der Waals surface area contributed by atoms with Crippen LogP contribution in [0.1, 0.15) is 5.56 Å². The van der Waals surface area contributed by atoms with E-state index in [1.807, 2.05) is 24.3 Å². The van der Waals surface area contributed by atoms with Gasteiger partial charge in [-0.2, -0.15) is 0 Å². The molecular formula is C9H11NOS. The van der Waals surface area contributed by atoms with Gasteiger partial charge in [-0.15, -0.1) is 0 Å². The van der Waals surface area contributed by atoms with Gasteiger partial charge in [-0.3, -0.25) is 4.21 Å². The summed E-state index contributed by atoms with van der Waals surface area (Å²) in [6, 6.07) is 7.93. The molecule has 64 valence electrons. The lowest BCUT2D eigenvalue weighted by molar-refractivity contribution is 0.681. The molecule has 0 radical (unpaired) electrons. The molecule has 0 spiro atoms. The maximum Gasteiger partial charge on any atom is 0.0545 e. The van der Waals surface area contributed by atoms with Crippen molar-refractivity contribution >= 4 is 10.8 Å². The van der Waals surface area contributed by atoms with E-state index < -0.39 is 10.8 Å². The van der Waals surface area contributed by atoms with Crippen LogP contribution in [0.15, 0.2) is 29.2 Å². The first-order valence-corrected chi connectivity index (χ1v) is 5.37. The van der Waals surface area contributed by atoms with Gasteiger partial charge >= 0.3 is 0 Å². The van der Waals surface area contributed by atoms with E-state index in [1.54, 1.807) is 0 Å². The van der Waals surface area contributed by atoms with Gasteiger partial charge in [0.25, 0.3) is 0 Å². The van der Waals surface area contributed by atoms with Gasteiger partial charge in [0.15, 0.2) is 0 Å². The van der Waals surface area contributed by atoms with Crippen molar-refractivity contribution in [3.05, 3.63) is 29.8 Å². The van der Waals surface area contributed by atoms with Crippen LogP contribution in [0.5, 0.6) is 0 Å². The van der Waals surface area contributed by atoms with Crippen molar-refractivity contribution < 1.29 is 4.21 Å². The van der Waals surface area contributed by atoms with Gasteiger partial charge in [0.1, 0.15) is 0 Å². The van der Waals surface area contributed by atoms with Crippen LogP contribution < -0.4 is 5.32 Å². The molecule has 2 rings (SSSR count). The van der Waals surface area contributed by atoms with Crippen LogP contribution in [0.2, 0.25) is 0 Å². The largest absolute Gasteiger partial charge is 0.312 e. The maximum atomic E-state index is 11.6. The monoisotopic (exact) mass is 181 g/mol. The fraction of sp³-hybridized carbons (Fsp3) is 0.333. The van der Waals surface area contributed by atoms with Gasteiger partial charge in [-0.25, -0.2) is 0 Å². The highest BCUT2D eigenvalue weighted by Crippen LogP contribution is 2.15. The summed E-state index contributed by atoms with van der Waals surface area (Å²) in [5, 5.41) is 3.24. The van der Waals surface area contributed by atoms with E-state index in [4.69, 9.17) is 0 Å². The Balaban J connectivity index is 2.46. The zero-order valence-electron chi connectivity index (χ0n) is 6.75. The van der Waals surface area contributed by atoms with Crippen LogP contribution in [0.25, 0.3) is 0 Å². The van der Waals surface area contributed by atoms with Gasteiger partial charge in [0.05, 0.1) is 10.8 Å². The number of nitrogens with one attached hydrogen (secondary N) is 1. The Hall–Kier alpha value is -0.670. The zero-order valence-corrected chi connectivity index (χ0v) is 7.56. The molecule has 2 nitrogen and oxygen atoms in total. The summed E-state index contributed by atoms with van der Waals surface area (Å²) < 4.78 is 11.6. The van der Waals surface area contributed by atoms with Crippen LogP contribution in [0.3, 0.4) is 0 Å². The molecule has 12 heavy (non-hydrogen) atoms. The summed E-state index contributed by atoms with van der Waals surface area (Å²) in [7, 11) is -0.795. The summed E-state index contributed by atoms with van der Waals surface area (Å²) >= 11 is 0. The highest BCUT2D eigenvalue weighted by atomic mass is 32.2. The highest BCUT2D eigenvalue weighted by Gasteiger charge is 2.11. The Kier molecular flexibility index (Phi) is 2.23. The van der Waals surface area contributed by atoms with E-state index in [0.717, 1.165) is 23.7 Å². The second-order valence-corrected chi connectivity index (χ2v) is 4.37. The van der Waals surface area contributed by atoms with Gasteiger partial charge in [-0.1, -0.05) is 18.2 Å². The molecule has 1 atom stereocenters. The third-order valence-corrected chi connectivity index (χ3v) is 3.46. The third kappa shape index (κ3) is 1.42. The second kappa shape index (κ2) is 3.37. The van der Waals surface area contributed by atoms with Crippen LogP contribution in [0.4, 0.5) is 0 Å². The first-order valence-electron chi connectivity index (χ1n) is 4.05. The summed E-state index contributed by atoms with van der Waals surface area (Å²) in [6.45, 7) is 1.70. The zero-order chi connectivity index (χ0) is 8.39. The molecule has 1 N–H and O–H groups in total. The van der Waals surface area contributed by atoms with E-state index in [0.29, 0.717) is 0 Å². The predicted octanol–water partition coefficient (Wildman–Crippen LogP) is 0.897. The molecule has 0 bridgehead atoms. The fourth-order valence-corrected chi connectivity index (χ4v) is 2.58. The number of hydrogen-bond acceptors (Lipinski definition) is 2. The maximum absolute atomic E-state index is 11.6. The van der Waals surface area contributed by atoms with Crippen LogP contribution in [0, 0.1) is 0 Å². The first kappa shape index (κ1) is 7.95. The van der Waals surface area contributed by atoms with Crippen molar-refractivity contribution in [2.45, 2.75) is 11.4 Å². The molecule has 1 heterocycles. The van der Waals surface area contributed by atoms with E-state index in [-0.39, 0.29) is 0 Å². The Labute approximate surface area is 74.4 Å². The summed E-state index contributed by atoms with van der Waals surface area (Å²) in [4.78, 5) is 1.00. The van der Waals surface area contributed by atoms with Crippen molar-refractivity contribution in [3.8, 4) is 0 Å². The average Bonchev–Trinajstić information content (AvgIpc) is 2.29. The molecule has 0 amide bonds. The molecule has 1 aromatic carbocycles. The van der Waals surface area contributed by atoms with Crippen LogP contribution in [-0.4, -0.2) is 16.5 Å². The lowest BCUT2D eigenvalue weighted by Crippen LogP contribution is -2.15. The average molecular weight is 181 g/mol. The molecular weight excluding hydrogens is 170 g/mol. The van der Waals surface area contributed by atoms with E-state index in [1.165, 1.54) is 5.56 Å². The molecule has 1 aliphatic heterocycles. The number of hydrogen-bond donors (Lipinski definition) is 1. The SMILES string of the molecule is O=[S@@]1CCNCc2ccccc21. The minimum Gasteiger partial charge on any atom is -0.312 e. The third-order valence-electron chi connectivity index (χ3n) is 2.00. The molecule has 0 saturated carbocycles. The number of fused-ring (bicyclic) bond motifs is 1. The topological polar surface area (TPSA) is 29.1 Å². The minimum atomic E-state index is -0.795. The Morgan fingerprint density at radius 3 is 3.08 bits per heavy atom. The van der Waals surface area contributed by atoms with Crippen molar-refractivity contribution in [1.29, 1.82) is 0 Å². The Morgan fingerprint density at radius 1 is 1.33 bits per heavy atom. The Morgan fingerprint density at radius 2 is 2.17 bits per heavy atom.